The highest BCUT2D eigenvalue weighted by atomic mass is 16.6. The number of ether oxygens (including phenoxy) is 2. The van der Waals surface area contributed by atoms with Crippen LogP contribution in [0.2, 0.25) is 0 Å². The molecule has 3 aromatic rings. The number of aromatic amines is 1. The lowest BCUT2D eigenvalue weighted by molar-refractivity contribution is 0.0218. The second-order valence-corrected chi connectivity index (χ2v) is 11.0. The minimum absolute atomic E-state index is 0.116. The Labute approximate surface area is 236 Å². The Morgan fingerprint density at radius 2 is 1.85 bits per heavy atom. The summed E-state index contributed by atoms with van der Waals surface area (Å²) in [5.74, 6) is 0.778. The molecule has 0 bridgehead atoms. The summed E-state index contributed by atoms with van der Waals surface area (Å²) in [6.45, 7) is 10.7. The first-order chi connectivity index (χ1) is 19.2. The summed E-state index contributed by atoms with van der Waals surface area (Å²) in [5, 5.41) is 2.85. The molecule has 0 saturated carbocycles. The Kier molecular flexibility index (Phi) is 9.69. The van der Waals surface area contributed by atoms with E-state index in [1.54, 1.807) is 4.90 Å². The molecule has 214 valence electrons. The molecule has 2 aromatic carbocycles. The molecule has 0 radical (unpaired) electrons. The summed E-state index contributed by atoms with van der Waals surface area (Å²) in [6.07, 6.45) is 3.86. The molecule has 2 N–H and O–H groups in total. The molecule has 9 nitrogen and oxygen atoms in total. The van der Waals surface area contributed by atoms with E-state index in [4.69, 9.17) is 9.47 Å². The number of rotatable bonds is 10. The highest BCUT2D eigenvalue weighted by Crippen LogP contribution is 2.33. The van der Waals surface area contributed by atoms with Crippen LogP contribution in [0, 0.1) is 0 Å². The molecule has 4 rings (SSSR count). The van der Waals surface area contributed by atoms with Gasteiger partial charge >= 0.3 is 12.2 Å². The zero-order valence-electron chi connectivity index (χ0n) is 24.0. The number of carbonyl (C=O) groups excluding carboxylic acids is 2. The maximum Gasteiger partial charge on any atom is 0.410 e. The standard InChI is InChI=1S/C31H41N5O4/c1-5-18-35(20-17-32-29(37)39-22-23-10-7-6-8-11-23)25-15-13-24(14-16-25)26-21-33-28(34-26)27-12-9-19-36(27)30(38)40-31(2,3)4/h6-8,10-11,13-16,21,27H,5,9,12,17-20,22H2,1-4H3,(H,32,37)(H,33,34)/t27-/m0/s1. The number of benzene rings is 2. The third-order valence-electron chi connectivity index (χ3n) is 6.69. The number of aromatic nitrogens is 2. The van der Waals surface area contributed by atoms with E-state index in [1.807, 2.05) is 57.3 Å². The molecule has 0 aliphatic carbocycles. The van der Waals surface area contributed by atoms with Crippen molar-refractivity contribution in [3.63, 3.8) is 0 Å². The van der Waals surface area contributed by atoms with Crippen LogP contribution in [0.4, 0.5) is 15.3 Å². The molecule has 0 spiro atoms. The fraction of sp³-hybridized carbons (Fsp3) is 0.452. The predicted molar refractivity (Wildman–Crippen MR) is 156 cm³/mol. The van der Waals surface area contributed by atoms with E-state index in [0.29, 0.717) is 19.6 Å². The minimum atomic E-state index is -0.534. The fourth-order valence-corrected chi connectivity index (χ4v) is 4.80. The van der Waals surface area contributed by atoms with E-state index >= 15 is 0 Å². The molecule has 1 aliphatic heterocycles. The Morgan fingerprint density at radius 3 is 2.55 bits per heavy atom. The largest absolute Gasteiger partial charge is 0.445 e. The zero-order chi connectivity index (χ0) is 28.5. The van der Waals surface area contributed by atoms with Gasteiger partial charge in [0, 0.05) is 31.9 Å². The minimum Gasteiger partial charge on any atom is -0.445 e. The lowest BCUT2D eigenvalue weighted by Gasteiger charge is -2.27. The van der Waals surface area contributed by atoms with Crippen LogP contribution in [0.3, 0.4) is 0 Å². The van der Waals surface area contributed by atoms with Crippen molar-refractivity contribution in [2.45, 2.75) is 65.2 Å². The second-order valence-electron chi connectivity index (χ2n) is 11.0. The number of H-pyrrole nitrogens is 1. The van der Waals surface area contributed by atoms with Gasteiger partial charge in [0.1, 0.15) is 18.0 Å². The molecule has 2 amide bonds. The average molecular weight is 548 g/mol. The number of nitrogens with one attached hydrogen (secondary N) is 2. The van der Waals surface area contributed by atoms with E-state index in [1.165, 1.54) is 0 Å². The van der Waals surface area contributed by atoms with Crippen LogP contribution in [0.15, 0.2) is 60.8 Å². The van der Waals surface area contributed by atoms with Crippen molar-refractivity contribution in [1.82, 2.24) is 20.2 Å². The van der Waals surface area contributed by atoms with E-state index in [-0.39, 0.29) is 18.7 Å². The topological polar surface area (TPSA) is 99.8 Å². The van der Waals surface area contributed by atoms with E-state index < -0.39 is 11.7 Å². The SMILES string of the molecule is CCCN(CCNC(=O)OCc1ccccc1)c1ccc(-c2cnc([C@@H]3CCCN3C(=O)OC(C)(C)C)[nH]2)cc1. The van der Waals surface area contributed by atoms with Crippen LogP contribution < -0.4 is 10.2 Å². The molecule has 2 heterocycles. The van der Waals surface area contributed by atoms with Gasteiger partial charge in [0.2, 0.25) is 0 Å². The van der Waals surface area contributed by atoms with E-state index in [0.717, 1.165) is 54.1 Å². The Hall–Kier alpha value is -4.01. The van der Waals surface area contributed by atoms with Crippen molar-refractivity contribution in [2.75, 3.05) is 31.1 Å². The number of likely N-dealkylation sites (tertiary alicyclic amines) is 1. The summed E-state index contributed by atoms with van der Waals surface area (Å²) in [6, 6.07) is 17.8. The first-order valence-electron chi connectivity index (χ1n) is 14.1. The lowest BCUT2D eigenvalue weighted by atomic mass is 10.1. The van der Waals surface area contributed by atoms with Gasteiger partial charge in [-0.25, -0.2) is 14.6 Å². The first-order valence-corrected chi connectivity index (χ1v) is 14.1. The number of alkyl carbamates (subject to hydrolysis) is 1. The van der Waals surface area contributed by atoms with Crippen molar-refractivity contribution in [1.29, 1.82) is 0 Å². The number of anilines is 1. The maximum atomic E-state index is 12.7. The van der Waals surface area contributed by atoms with Crippen molar-refractivity contribution >= 4 is 17.9 Å². The second kappa shape index (κ2) is 13.4. The van der Waals surface area contributed by atoms with Gasteiger partial charge in [-0.2, -0.15) is 0 Å². The van der Waals surface area contributed by atoms with Gasteiger partial charge in [-0.05, 0) is 63.3 Å². The van der Waals surface area contributed by atoms with Crippen molar-refractivity contribution in [2.24, 2.45) is 0 Å². The Bertz CT molecular complexity index is 1240. The normalized spacial score (nSPS) is 15.1. The Morgan fingerprint density at radius 1 is 1.10 bits per heavy atom. The zero-order valence-corrected chi connectivity index (χ0v) is 24.0. The maximum absolute atomic E-state index is 12.7. The van der Waals surface area contributed by atoms with Crippen LogP contribution >= 0.6 is 0 Å². The molecule has 1 atom stereocenters. The number of amides is 2. The molecule has 9 heteroatoms. The van der Waals surface area contributed by atoms with Crippen LogP contribution in [0.25, 0.3) is 11.3 Å². The van der Waals surface area contributed by atoms with Crippen LogP contribution in [-0.2, 0) is 16.1 Å². The number of nitrogens with zero attached hydrogens (tertiary/aromatic N) is 3. The van der Waals surface area contributed by atoms with Gasteiger partial charge in [-0.15, -0.1) is 0 Å². The average Bonchev–Trinajstić information content (AvgIpc) is 3.61. The van der Waals surface area contributed by atoms with Crippen LogP contribution in [0.5, 0.6) is 0 Å². The van der Waals surface area contributed by atoms with Gasteiger partial charge < -0.3 is 24.7 Å². The van der Waals surface area contributed by atoms with Gasteiger partial charge in [-0.3, -0.25) is 4.90 Å². The highest BCUT2D eigenvalue weighted by molar-refractivity contribution is 5.69. The molecule has 1 aliphatic rings. The van der Waals surface area contributed by atoms with Gasteiger partial charge in [0.15, 0.2) is 0 Å². The molecular weight excluding hydrogens is 506 g/mol. The molecular formula is C31H41N5O4. The quantitative estimate of drug-likeness (QED) is 0.309. The van der Waals surface area contributed by atoms with Crippen molar-refractivity contribution in [3.8, 4) is 11.3 Å². The van der Waals surface area contributed by atoms with Crippen LogP contribution in [0.1, 0.15) is 64.4 Å². The van der Waals surface area contributed by atoms with Crippen molar-refractivity contribution in [3.05, 3.63) is 72.2 Å². The number of hydrogen-bond acceptors (Lipinski definition) is 6. The Balaban J connectivity index is 1.32. The van der Waals surface area contributed by atoms with Gasteiger partial charge in [-0.1, -0.05) is 49.4 Å². The summed E-state index contributed by atoms with van der Waals surface area (Å²) in [7, 11) is 0. The summed E-state index contributed by atoms with van der Waals surface area (Å²) in [5.41, 5.74) is 3.43. The number of hydrogen-bond donors (Lipinski definition) is 2. The molecule has 40 heavy (non-hydrogen) atoms. The summed E-state index contributed by atoms with van der Waals surface area (Å²) in [4.78, 5) is 36.9. The molecule has 0 unspecified atom stereocenters. The highest BCUT2D eigenvalue weighted by Gasteiger charge is 2.34. The van der Waals surface area contributed by atoms with Gasteiger partial charge in [0.05, 0.1) is 17.9 Å². The summed E-state index contributed by atoms with van der Waals surface area (Å²) >= 11 is 0. The summed E-state index contributed by atoms with van der Waals surface area (Å²) < 4.78 is 10.9. The third-order valence-corrected chi connectivity index (χ3v) is 6.69. The molecule has 1 fully saturated rings. The van der Waals surface area contributed by atoms with Gasteiger partial charge in [0.25, 0.3) is 0 Å². The smallest absolute Gasteiger partial charge is 0.410 e. The fourth-order valence-electron chi connectivity index (χ4n) is 4.80. The monoisotopic (exact) mass is 547 g/mol. The third kappa shape index (κ3) is 8.00. The number of imidazole rings is 1. The lowest BCUT2D eigenvalue weighted by Crippen LogP contribution is -2.36. The predicted octanol–water partition coefficient (Wildman–Crippen LogP) is 6.29. The molecule has 1 saturated heterocycles. The number of carbonyl (C=O) groups is 2. The van der Waals surface area contributed by atoms with E-state index in [9.17, 15) is 9.59 Å². The van der Waals surface area contributed by atoms with E-state index in [2.05, 4.69) is 51.4 Å². The van der Waals surface area contributed by atoms with Crippen LogP contribution in [-0.4, -0.2) is 58.8 Å². The molecule has 1 aromatic heterocycles. The van der Waals surface area contributed by atoms with Crippen molar-refractivity contribution < 1.29 is 19.1 Å². The first kappa shape index (κ1) is 29.0.